The second-order valence-corrected chi connectivity index (χ2v) is 3.31. The number of carboxylic acid groups (broad SMARTS) is 1. The number of aliphatic carboxylic acids is 1. The minimum atomic E-state index is -1.13. The van der Waals surface area contributed by atoms with Crippen LogP contribution in [0, 0.1) is 0 Å². The highest BCUT2D eigenvalue weighted by atomic mass is 16.4. The molecule has 0 aromatic carbocycles. The fourth-order valence-electron chi connectivity index (χ4n) is 0.774. The van der Waals surface area contributed by atoms with Crippen LogP contribution in [0.1, 0.15) is 20.3 Å². The SMILES string of the molecule is CCC(C)NC(=O)NCC(=O)NCC(=O)O. The van der Waals surface area contributed by atoms with Gasteiger partial charge in [0.1, 0.15) is 6.54 Å². The molecular formula is C9H17N3O4. The van der Waals surface area contributed by atoms with Crippen molar-refractivity contribution >= 4 is 17.9 Å². The molecule has 0 aliphatic rings. The average molecular weight is 231 g/mol. The van der Waals surface area contributed by atoms with E-state index in [2.05, 4.69) is 16.0 Å². The maximum atomic E-state index is 11.1. The average Bonchev–Trinajstić information content (AvgIpc) is 2.23. The van der Waals surface area contributed by atoms with Crippen molar-refractivity contribution < 1.29 is 19.5 Å². The van der Waals surface area contributed by atoms with Crippen molar-refractivity contribution in [2.45, 2.75) is 26.3 Å². The Kier molecular flexibility index (Phi) is 6.66. The standard InChI is InChI=1S/C9H17N3O4/c1-3-6(2)12-9(16)11-4-7(13)10-5-8(14)15/h6H,3-5H2,1-2H3,(H,10,13)(H,14,15)(H2,11,12,16). The first-order valence-corrected chi connectivity index (χ1v) is 4.98. The van der Waals surface area contributed by atoms with Crippen LogP contribution < -0.4 is 16.0 Å². The van der Waals surface area contributed by atoms with Gasteiger partial charge in [0.25, 0.3) is 0 Å². The molecule has 0 rings (SSSR count). The zero-order valence-electron chi connectivity index (χ0n) is 9.37. The number of carboxylic acids is 1. The molecule has 0 aliphatic carbocycles. The zero-order valence-corrected chi connectivity index (χ0v) is 9.37. The fraction of sp³-hybridized carbons (Fsp3) is 0.667. The summed E-state index contributed by atoms with van der Waals surface area (Å²) in [5.41, 5.74) is 0. The number of hydrogen-bond donors (Lipinski definition) is 4. The van der Waals surface area contributed by atoms with Gasteiger partial charge in [0.2, 0.25) is 5.91 Å². The van der Waals surface area contributed by atoms with Crippen LogP contribution in [-0.2, 0) is 9.59 Å². The summed E-state index contributed by atoms with van der Waals surface area (Å²) in [6.07, 6.45) is 0.790. The predicted octanol–water partition coefficient (Wildman–Crippen LogP) is -0.715. The molecule has 0 aromatic rings. The Morgan fingerprint density at radius 3 is 2.31 bits per heavy atom. The molecule has 0 aromatic heterocycles. The van der Waals surface area contributed by atoms with Crippen LogP contribution in [0.2, 0.25) is 0 Å². The van der Waals surface area contributed by atoms with E-state index < -0.39 is 24.5 Å². The zero-order chi connectivity index (χ0) is 12.6. The number of urea groups is 1. The lowest BCUT2D eigenvalue weighted by Crippen LogP contribution is -2.45. The van der Waals surface area contributed by atoms with E-state index >= 15 is 0 Å². The summed E-state index contributed by atoms with van der Waals surface area (Å²) >= 11 is 0. The molecule has 4 N–H and O–H groups in total. The normalized spacial score (nSPS) is 11.4. The van der Waals surface area contributed by atoms with Crippen LogP contribution in [0.25, 0.3) is 0 Å². The number of amides is 3. The van der Waals surface area contributed by atoms with E-state index in [-0.39, 0.29) is 12.6 Å². The molecule has 16 heavy (non-hydrogen) atoms. The summed E-state index contributed by atoms with van der Waals surface area (Å²) in [6, 6.07) is -0.415. The summed E-state index contributed by atoms with van der Waals surface area (Å²) < 4.78 is 0. The molecule has 7 nitrogen and oxygen atoms in total. The van der Waals surface area contributed by atoms with E-state index in [9.17, 15) is 14.4 Å². The molecule has 0 heterocycles. The number of hydrogen-bond acceptors (Lipinski definition) is 3. The molecule has 1 unspecified atom stereocenters. The highest BCUT2D eigenvalue weighted by Crippen LogP contribution is 1.86. The number of carbonyl (C=O) groups excluding carboxylic acids is 2. The van der Waals surface area contributed by atoms with Gasteiger partial charge in [-0.2, -0.15) is 0 Å². The molecule has 0 bridgehead atoms. The van der Waals surface area contributed by atoms with Crippen molar-refractivity contribution in [2.75, 3.05) is 13.1 Å². The van der Waals surface area contributed by atoms with Gasteiger partial charge in [-0.1, -0.05) is 6.92 Å². The van der Waals surface area contributed by atoms with Gasteiger partial charge >= 0.3 is 12.0 Å². The third kappa shape index (κ3) is 7.60. The van der Waals surface area contributed by atoms with Gasteiger partial charge in [0, 0.05) is 6.04 Å². The predicted molar refractivity (Wildman–Crippen MR) is 56.9 cm³/mol. The Morgan fingerprint density at radius 2 is 1.81 bits per heavy atom. The molecule has 0 fully saturated rings. The molecule has 0 saturated carbocycles. The first-order valence-electron chi connectivity index (χ1n) is 4.98. The summed E-state index contributed by atoms with van der Waals surface area (Å²) in [7, 11) is 0. The van der Waals surface area contributed by atoms with Crippen LogP contribution in [0.4, 0.5) is 4.79 Å². The third-order valence-corrected chi connectivity index (χ3v) is 1.84. The molecular weight excluding hydrogens is 214 g/mol. The summed E-state index contributed by atoms with van der Waals surface area (Å²) in [4.78, 5) is 32.2. The van der Waals surface area contributed by atoms with Gasteiger partial charge in [0.15, 0.2) is 0 Å². The van der Waals surface area contributed by atoms with E-state index in [4.69, 9.17) is 5.11 Å². The Bertz CT molecular complexity index is 267. The minimum Gasteiger partial charge on any atom is -0.480 e. The monoisotopic (exact) mass is 231 g/mol. The fourth-order valence-corrected chi connectivity index (χ4v) is 0.774. The Hall–Kier alpha value is -1.79. The summed E-state index contributed by atoms with van der Waals surface area (Å²) in [5.74, 6) is -1.67. The maximum absolute atomic E-state index is 11.1. The molecule has 3 amide bonds. The van der Waals surface area contributed by atoms with E-state index in [1.165, 1.54) is 0 Å². The summed E-state index contributed by atoms with van der Waals surface area (Å²) in [6.45, 7) is 3.07. The Morgan fingerprint density at radius 1 is 1.19 bits per heavy atom. The van der Waals surface area contributed by atoms with Crippen molar-refractivity contribution in [3.63, 3.8) is 0 Å². The lowest BCUT2D eigenvalue weighted by molar-refractivity contribution is -0.137. The third-order valence-electron chi connectivity index (χ3n) is 1.84. The lowest BCUT2D eigenvalue weighted by Gasteiger charge is -2.12. The van der Waals surface area contributed by atoms with E-state index in [1.807, 2.05) is 13.8 Å². The van der Waals surface area contributed by atoms with Crippen molar-refractivity contribution in [3.8, 4) is 0 Å². The second kappa shape index (κ2) is 7.49. The molecule has 0 saturated heterocycles. The van der Waals surface area contributed by atoms with Gasteiger partial charge in [-0.05, 0) is 13.3 Å². The van der Waals surface area contributed by atoms with Crippen LogP contribution in [0.3, 0.4) is 0 Å². The highest BCUT2D eigenvalue weighted by molar-refractivity contribution is 5.86. The van der Waals surface area contributed by atoms with Crippen LogP contribution in [0.5, 0.6) is 0 Å². The van der Waals surface area contributed by atoms with Gasteiger partial charge in [-0.15, -0.1) is 0 Å². The van der Waals surface area contributed by atoms with Gasteiger partial charge in [-0.25, -0.2) is 4.79 Å². The minimum absolute atomic E-state index is 0.0297. The van der Waals surface area contributed by atoms with Crippen molar-refractivity contribution in [3.05, 3.63) is 0 Å². The second-order valence-electron chi connectivity index (χ2n) is 3.31. The molecule has 0 spiro atoms. The van der Waals surface area contributed by atoms with Crippen molar-refractivity contribution in [1.29, 1.82) is 0 Å². The van der Waals surface area contributed by atoms with Crippen molar-refractivity contribution in [2.24, 2.45) is 0 Å². The number of rotatable bonds is 6. The maximum Gasteiger partial charge on any atom is 0.322 e. The highest BCUT2D eigenvalue weighted by Gasteiger charge is 2.07. The van der Waals surface area contributed by atoms with Gasteiger partial charge in [0.05, 0.1) is 6.54 Å². The first-order chi connectivity index (χ1) is 7.45. The first kappa shape index (κ1) is 14.2. The molecule has 0 aliphatic heterocycles. The quantitative estimate of drug-likeness (QED) is 0.484. The smallest absolute Gasteiger partial charge is 0.322 e. The topological polar surface area (TPSA) is 108 Å². The Labute approximate surface area is 93.6 Å². The number of carbonyl (C=O) groups is 3. The number of nitrogens with one attached hydrogen (secondary N) is 3. The van der Waals surface area contributed by atoms with E-state index in [0.717, 1.165) is 6.42 Å². The largest absolute Gasteiger partial charge is 0.480 e. The van der Waals surface area contributed by atoms with Crippen LogP contribution in [-0.4, -0.2) is 42.1 Å². The molecule has 7 heteroatoms. The molecule has 0 radical (unpaired) electrons. The van der Waals surface area contributed by atoms with E-state index in [1.54, 1.807) is 0 Å². The van der Waals surface area contributed by atoms with Gasteiger partial charge in [-0.3, -0.25) is 9.59 Å². The molecule has 92 valence electrons. The molecule has 1 atom stereocenters. The Balaban J connectivity index is 3.67. The van der Waals surface area contributed by atoms with Gasteiger partial charge < -0.3 is 21.1 Å². The van der Waals surface area contributed by atoms with Crippen molar-refractivity contribution in [1.82, 2.24) is 16.0 Å². The van der Waals surface area contributed by atoms with E-state index in [0.29, 0.717) is 0 Å². The van der Waals surface area contributed by atoms with Crippen LogP contribution in [0.15, 0.2) is 0 Å². The lowest BCUT2D eigenvalue weighted by atomic mass is 10.3. The van der Waals surface area contributed by atoms with Crippen LogP contribution >= 0.6 is 0 Å². The summed E-state index contributed by atoms with van der Waals surface area (Å²) in [5, 5.41) is 15.3.